The Hall–Kier alpha value is -1.85. The van der Waals surface area contributed by atoms with Gasteiger partial charge in [0.1, 0.15) is 5.54 Å². The second-order valence-corrected chi connectivity index (χ2v) is 4.61. The minimum absolute atomic E-state index is 0.238. The quantitative estimate of drug-likeness (QED) is 0.852. The van der Waals surface area contributed by atoms with Crippen molar-refractivity contribution < 1.29 is 9.90 Å². The second kappa shape index (κ2) is 4.44. The molecule has 6 heteroatoms. The molecule has 1 unspecified atom stereocenters. The van der Waals surface area contributed by atoms with Crippen molar-refractivity contribution in [3.63, 3.8) is 0 Å². The number of aromatic nitrogens is 2. The highest BCUT2D eigenvalue weighted by Gasteiger charge is 2.47. The smallest absolute Gasteiger partial charge is 0.329 e. The van der Waals surface area contributed by atoms with Crippen LogP contribution in [0.25, 0.3) is 0 Å². The first-order chi connectivity index (χ1) is 8.53. The van der Waals surface area contributed by atoms with Gasteiger partial charge < -0.3 is 14.6 Å². The molecule has 2 rings (SSSR count). The number of anilines is 1. The first-order valence-corrected chi connectivity index (χ1v) is 6.05. The van der Waals surface area contributed by atoms with E-state index in [1.54, 1.807) is 18.1 Å². The summed E-state index contributed by atoms with van der Waals surface area (Å²) in [6, 6.07) is 0. The summed E-state index contributed by atoms with van der Waals surface area (Å²) in [5.74, 6) is -0.642. The molecular formula is C12H17N3O3. The predicted molar refractivity (Wildman–Crippen MR) is 66.7 cm³/mol. The Morgan fingerprint density at radius 1 is 1.61 bits per heavy atom. The van der Waals surface area contributed by atoms with Gasteiger partial charge in [-0.1, -0.05) is 6.92 Å². The van der Waals surface area contributed by atoms with Crippen LogP contribution in [0.1, 0.15) is 26.2 Å². The molecule has 98 valence electrons. The highest BCUT2D eigenvalue weighted by molar-refractivity contribution is 5.83. The number of carboxylic acid groups (broad SMARTS) is 1. The number of carbonyl (C=O) groups is 1. The van der Waals surface area contributed by atoms with E-state index in [9.17, 15) is 14.7 Å². The van der Waals surface area contributed by atoms with E-state index in [1.165, 1.54) is 10.8 Å². The Bertz CT molecular complexity index is 526. The number of aryl methyl sites for hydroxylation is 1. The third kappa shape index (κ3) is 1.68. The van der Waals surface area contributed by atoms with E-state index in [1.807, 2.05) is 6.92 Å². The van der Waals surface area contributed by atoms with Gasteiger partial charge >= 0.3 is 5.97 Å². The molecule has 2 heterocycles. The van der Waals surface area contributed by atoms with Crippen LogP contribution in [0.4, 0.5) is 5.82 Å². The van der Waals surface area contributed by atoms with Crippen molar-refractivity contribution in [2.75, 3.05) is 11.4 Å². The Kier molecular flexibility index (Phi) is 3.11. The molecule has 1 aromatic heterocycles. The number of rotatable bonds is 3. The molecule has 0 aromatic carbocycles. The van der Waals surface area contributed by atoms with Gasteiger partial charge in [0.2, 0.25) is 0 Å². The second-order valence-electron chi connectivity index (χ2n) is 4.61. The van der Waals surface area contributed by atoms with Crippen LogP contribution >= 0.6 is 0 Å². The number of hydrogen-bond acceptors (Lipinski definition) is 4. The molecule has 1 atom stereocenters. The van der Waals surface area contributed by atoms with Crippen LogP contribution < -0.4 is 10.5 Å². The zero-order chi connectivity index (χ0) is 13.3. The van der Waals surface area contributed by atoms with Gasteiger partial charge in [0, 0.05) is 26.0 Å². The summed E-state index contributed by atoms with van der Waals surface area (Å²) in [6.45, 7) is 2.40. The molecular weight excluding hydrogens is 234 g/mol. The van der Waals surface area contributed by atoms with Crippen molar-refractivity contribution in [2.45, 2.75) is 31.7 Å². The summed E-state index contributed by atoms with van der Waals surface area (Å²) in [5.41, 5.74) is -1.24. The largest absolute Gasteiger partial charge is 0.479 e. The van der Waals surface area contributed by atoms with Gasteiger partial charge in [-0.2, -0.15) is 0 Å². The zero-order valence-electron chi connectivity index (χ0n) is 10.6. The molecule has 0 amide bonds. The number of carboxylic acids is 1. The van der Waals surface area contributed by atoms with E-state index in [0.29, 0.717) is 19.4 Å². The van der Waals surface area contributed by atoms with Crippen LogP contribution in [0, 0.1) is 0 Å². The average Bonchev–Trinajstić information content (AvgIpc) is 2.77. The van der Waals surface area contributed by atoms with E-state index >= 15 is 0 Å². The molecule has 6 nitrogen and oxygen atoms in total. The Morgan fingerprint density at radius 2 is 2.33 bits per heavy atom. The van der Waals surface area contributed by atoms with Crippen LogP contribution in [0.15, 0.2) is 17.2 Å². The standard InChI is InChI=1S/C12H17N3O3/c1-3-12(11(17)18)5-4-7-15(12)9-10(16)14(2)8-6-13-9/h6,8H,3-5,7H2,1-2H3,(H,17,18). The van der Waals surface area contributed by atoms with Gasteiger partial charge in [0.25, 0.3) is 5.56 Å². The van der Waals surface area contributed by atoms with Gasteiger partial charge in [-0.25, -0.2) is 9.78 Å². The lowest BCUT2D eigenvalue weighted by Gasteiger charge is -2.34. The Balaban J connectivity index is 2.53. The molecule has 1 aliphatic heterocycles. The molecule has 0 radical (unpaired) electrons. The average molecular weight is 251 g/mol. The van der Waals surface area contributed by atoms with Crippen molar-refractivity contribution in [2.24, 2.45) is 7.05 Å². The highest BCUT2D eigenvalue weighted by Crippen LogP contribution is 2.34. The number of hydrogen-bond donors (Lipinski definition) is 1. The molecule has 1 saturated heterocycles. The van der Waals surface area contributed by atoms with Crippen LogP contribution in [0.3, 0.4) is 0 Å². The normalized spacial score (nSPS) is 23.3. The molecule has 1 aromatic rings. The van der Waals surface area contributed by atoms with Crippen molar-refractivity contribution in [3.8, 4) is 0 Å². The van der Waals surface area contributed by atoms with E-state index in [0.717, 1.165) is 6.42 Å². The third-order valence-corrected chi connectivity index (χ3v) is 3.73. The van der Waals surface area contributed by atoms with E-state index in [4.69, 9.17) is 0 Å². The molecule has 0 bridgehead atoms. The van der Waals surface area contributed by atoms with Gasteiger partial charge in [0.05, 0.1) is 0 Å². The zero-order valence-corrected chi connectivity index (χ0v) is 10.6. The first kappa shape index (κ1) is 12.6. The maximum atomic E-state index is 12.0. The van der Waals surface area contributed by atoms with Crippen LogP contribution in [-0.2, 0) is 11.8 Å². The summed E-state index contributed by atoms with van der Waals surface area (Å²) in [4.78, 5) is 29.3. The lowest BCUT2D eigenvalue weighted by Crippen LogP contribution is -2.52. The summed E-state index contributed by atoms with van der Waals surface area (Å²) in [7, 11) is 1.64. The lowest BCUT2D eigenvalue weighted by molar-refractivity contribution is -0.143. The summed E-state index contributed by atoms with van der Waals surface area (Å²) < 4.78 is 1.42. The first-order valence-electron chi connectivity index (χ1n) is 6.05. The van der Waals surface area contributed by atoms with Crippen molar-refractivity contribution in [3.05, 3.63) is 22.7 Å². The predicted octanol–water partition coefficient (Wildman–Crippen LogP) is 0.614. The summed E-state index contributed by atoms with van der Waals surface area (Å²) in [5, 5.41) is 9.48. The molecule has 1 N–H and O–H groups in total. The molecule has 0 saturated carbocycles. The van der Waals surface area contributed by atoms with Gasteiger partial charge in [0.15, 0.2) is 5.82 Å². The summed E-state index contributed by atoms with van der Waals surface area (Å²) in [6.07, 6.45) is 4.87. The highest BCUT2D eigenvalue weighted by atomic mass is 16.4. The Morgan fingerprint density at radius 3 is 2.94 bits per heavy atom. The van der Waals surface area contributed by atoms with Crippen LogP contribution in [-0.4, -0.2) is 32.7 Å². The topological polar surface area (TPSA) is 75.4 Å². The maximum absolute atomic E-state index is 12.0. The SMILES string of the molecule is CCC1(C(=O)O)CCCN1c1nccn(C)c1=O. The lowest BCUT2D eigenvalue weighted by atomic mass is 9.93. The fraction of sp³-hybridized carbons (Fsp3) is 0.583. The minimum Gasteiger partial charge on any atom is -0.479 e. The van der Waals surface area contributed by atoms with Crippen molar-refractivity contribution >= 4 is 11.8 Å². The minimum atomic E-state index is -0.986. The fourth-order valence-corrected chi connectivity index (χ4v) is 2.60. The molecule has 0 aliphatic carbocycles. The third-order valence-electron chi connectivity index (χ3n) is 3.73. The fourth-order valence-electron chi connectivity index (χ4n) is 2.60. The van der Waals surface area contributed by atoms with Crippen LogP contribution in [0.2, 0.25) is 0 Å². The summed E-state index contributed by atoms with van der Waals surface area (Å²) >= 11 is 0. The van der Waals surface area contributed by atoms with E-state index in [-0.39, 0.29) is 11.4 Å². The van der Waals surface area contributed by atoms with Crippen molar-refractivity contribution in [1.29, 1.82) is 0 Å². The van der Waals surface area contributed by atoms with Crippen molar-refractivity contribution in [1.82, 2.24) is 9.55 Å². The number of aliphatic carboxylic acids is 1. The monoisotopic (exact) mass is 251 g/mol. The molecule has 0 spiro atoms. The van der Waals surface area contributed by atoms with E-state index < -0.39 is 11.5 Å². The maximum Gasteiger partial charge on any atom is 0.329 e. The molecule has 18 heavy (non-hydrogen) atoms. The molecule has 1 aliphatic rings. The van der Waals surface area contributed by atoms with E-state index in [2.05, 4.69) is 4.98 Å². The van der Waals surface area contributed by atoms with Crippen LogP contribution in [0.5, 0.6) is 0 Å². The Labute approximate surface area is 105 Å². The van der Waals surface area contributed by atoms with Gasteiger partial charge in [-0.3, -0.25) is 4.79 Å². The van der Waals surface area contributed by atoms with Gasteiger partial charge in [-0.15, -0.1) is 0 Å². The van der Waals surface area contributed by atoms with Gasteiger partial charge in [-0.05, 0) is 19.3 Å². The molecule has 1 fully saturated rings. The number of nitrogens with zero attached hydrogens (tertiary/aromatic N) is 3.